The fourth-order valence-corrected chi connectivity index (χ4v) is 2.84. The molecule has 28 heavy (non-hydrogen) atoms. The predicted octanol–water partition coefficient (Wildman–Crippen LogP) is 4.38. The number of hydrogen-bond donors (Lipinski definition) is 2. The lowest BCUT2D eigenvalue weighted by Gasteiger charge is -2.28. The number of halogens is 3. The van der Waals surface area contributed by atoms with Crippen molar-refractivity contribution in [2.24, 2.45) is 0 Å². The minimum absolute atomic E-state index is 0.297. The van der Waals surface area contributed by atoms with Gasteiger partial charge >= 0.3 is 6.18 Å². The molecule has 5 heteroatoms. The highest BCUT2D eigenvalue weighted by Crippen LogP contribution is 2.39. The Morgan fingerprint density at radius 1 is 0.536 bits per heavy atom. The van der Waals surface area contributed by atoms with Gasteiger partial charge in [0.25, 0.3) is 0 Å². The summed E-state index contributed by atoms with van der Waals surface area (Å²) in [4.78, 5) is 0. The van der Waals surface area contributed by atoms with Crippen LogP contribution >= 0.6 is 0 Å². The number of hydrogen-bond acceptors (Lipinski definition) is 2. The van der Waals surface area contributed by atoms with Crippen LogP contribution in [0.15, 0.2) is 91.0 Å². The molecular weight excluding hydrogens is 365 g/mol. The van der Waals surface area contributed by atoms with Gasteiger partial charge in [0.2, 0.25) is 5.60 Å². The lowest BCUT2D eigenvalue weighted by atomic mass is 9.85. The average Bonchev–Trinajstić information content (AvgIpc) is 2.73. The van der Waals surface area contributed by atoms with Gasteiger partial charge in [0.05, 0.1) is 0 Å². The molecule has 0 unspecified atom stereocenters. The Hall–Kier alpha value is -3.07. The van der Waals surface area contributed by atoms with Crippen LogP contribution in [0.5, 0.6) is 0 Å². The normalized spacial score (nSPS) is 13.9. The van der Waals surface area contributed by atoms with Crippen molar-refractivity contribution in [3.8, 4) is 11.8 Å². The SMILES string of the molecule is OC(C#C[C@](O)(c1ccccc1)C(F)(F)F)(c1ccccc1)c1ccccc1. The van der Waals surface area contributed by atoms with Crippen molar-refractivity contribution >= 4 is 0 Å². The van der Waals surface area contributed by atoms with Gasteiger partial charge < -0.3 is 10.2 Å². The fourth-order valence-electron chi connectivity index (χ4n) is 2.84. The van der Waals surface area contributed by atoms with Crippen molar-refractivity contribution in [2.45, 2.75) is 17.4 Å². The molecule has 2 N–H and O–H groups in total. The maximum atomic E-state index is 13.7. The molecule has 0 aliphatic heterocycles. The summed E-state index contributed by atoms with van der Waals surface area (Å²) in [5.74, 6) is 4.23. The lowest BCUT2D eigenvalue weighted by molar-refractivity contribution is -0.240. The number of benzene rings is 3. The van der Waals surface area contributed by atoms with Crippen LogP contribution in [0.1, 0.15) is 16.7 Å². The van der Waals surface area contributed by atoms with Gasteiger partial charge in [0.1, 0.15) is 0 Å². The highest BCUT2D eigenvalue weighted by molar-refractivity contribution is 5.46. The first-order valence-corrected chi connectivity index (χ1v) is 8.50. The topological polar surface area (TPSA) is 40.5 Å². The number of alkyl halides is 3. The van der Waals surface area contributed by atoms with Gasteiger partial charge in [-0.3, -0.25) is 0 Å². The zero-order valence-corrected chi connectivity index (χ0v) is 14.7. The van der Waals surface area contributed by atoms with E-state index in [1.54, 1.807) is 60.7 Å². The van der Waals surface area contributed by atoms with E-state index in [4.69, 9.17) is 0 Å². The predicted molar refractivity (Wildman–Crippen MR) is 100 cm³/mol. The Balaban J connectivity index is 2.20. The first-order valence-electron chi connectivity index (χ1n) is 8.50. The van der Waals surface area contributed by atoms with E-state index in [1.165, 1.54) is 18.2 Å². The van der Waals surface area contributed by atoms with E-state index in [1.807, 2.05) is 5.92 Å². The van der Waals surface area contributed by atoms with E-state index >= 15 is 0 Å². The van der Waals surface area contributed by atoms with Crippen molar-refractivity contribution in [3.63, 3.8) is 0 Å². The van der Waals surface area contributed by atoms with Crippen molar-refractivity contribution in [2.75, 3.05) is 0 Å². The largest absolute Gasteiger partial charge is 0.433 e. The van der Waals surface area contributed by atoms with E-state index < -0.39 is 22.9 Å². The molecule has 3 aromatic carbocycles. The molecular formula is C23H17F3O2. The summed E-state index contributed by atoms with van der Waals surface area (Å²) in [7, 11) is 0. The molecule has 0 spiro atoms. The minimum Gasteiger partial charge on any atom is -0.369 e. The molecule has 0 amide bonds. The van der Waals surface area contributed by atoms with Crippen LogP contribution in [0, 0.1) is 11.8 Å². The first-order chi connectivity index (χ1) is 13.3. The molecule has 142 valence electrons. The van der Waals surface area contributed by atoms with Crippen molar-refractivity contribution in [1.82, 2.24) is 0 Å². The van der Waals surface area contributed by atoms with Crippen molar-refractivity contribution < 1.29 is 23.4 Å². The third-order valence-electron chi connectivity index (χ3n) is 4.41. The Morgan fingerprint density at radius 2 is 0.893 bits per heavy atom. The van der Waals surface area contributed by atoms with Crippen LogP contribution in [-0.4, -0.2) is 16.4 Å². The molecule has 3 aromatic rings. The molecule has 3 rings (SSSR count). The highest BCUT2D eigenvalue weighted by atomic mass is 19.4. The Kier molecular flexibility index (Phi) is 5.28. The second-order valence-electron chi connectivity index (χ2n) is 6.27. The fraction of sp³-hybridized carbons (Fsp3) is 0.130. The van der Waals surface area contributed by atoms with Crippen molar-refractivity contribution in [1.29, 1.82) is 0 Å². The maximum Gasteiger partial charge on any atom is 0.433 e. The molecule has 0 radical (unpaired) electrons. The van der Waals surface area contributed by atoms with Gasteiger partial charge in [-0.15, -0.1) is 0 Å². The van der Waals surface area contributed by atoms with Crippen LogP contribution in [0.3, 0.4) is 0 Å². The van der Waals surface area contributed by atoms with E-state index in [2.05, 4.69) is 5.92 Å². The summed E-state index contributed by atoms with van der Waals surface area (Å²) in [5, 5.41) is 21.7. The maximum absolute atomic E-state index is 13.7. The van der Waals surface area contributed by atoms with Gasteiger partial charge in [0, 0.05) is 16.7 Å². The molecule has 0 heterocycles. The Bertz CT molecular complexity index is 935. The van der Waals surface area contributed by atoms with Gasteiger partial charge in [-0.25, -0.2) is 0 Å². The van der Waals surface area contributed by atoms with Crippen LogP contribution in [0.4, 0.5) is 13.2 Å². The second-order valence-corrected chi connectivity index (χ2v) is 6.27. The molecule has 1 atom stereocenters. The summed E-state index contributed by atoms with van der Waals surface area (Å²) in [6.07, 6.45) is -5.06. The average molecular weight is 382 g/mol. The monoisotopic (exact) mass is 382 g/mol. The zero-order chi connectivity index (χ0) is 20.3. The molecule has 0 fully saturated rings. The van der Waals surface area contributed by atoms with Gasteiger partial charge in [0.15, 0.2) is 5.60 Å². The Labute approximate surface area is 160 Å². The summed E-state index contributed by atoms with van der Waals surface area (Å²) < 4.78 is 41.2. The highest BCUT2D eigenvalue weighted by Gasteiger charge is 2.54. The second kappa shape index (κ2) is 7.51. The van der Waals surface area contributed by atoms with E-state index in [0.29, 0.717) is 11.1 Å². The van der Waals surface area contributed by atoms with Gasteiger partial charge in [-0.05, 0) is 5.92 Å². The molecule has 0 saturated heterocycles. The molecule has 0 aliphatic rings. The van der Waals surface area contributed by atoms with Gasteiger partial charge in [-0.1, -0.05) is 96.9 Å². The standard InChI is InChI=1S/C23H17F3O2/c24-23(25,26)22(28,20-14-8-3-9-15-20)17-16-21(27,18-10-4-1-5-11-18)19-12-6-2-7-13-19/h1-15,27-28H/t22-/m0/s1. The summed E-state index contributed by atoms with van der Waals surface area (Å²) in [5.41, 5.74) is -5.28. The lowest BCUT2D eigenvalue weighted by Crippen LogP contribution is -2.41. The smallest absolute Gasteiger partial charge is 0.369 e. The third kappa shape index (κ3) is 3.65. The molecule has 0 aliphatic carbocycles. The molecule has 0 saturated carbocycles. The molecule has 0 aromatic heterocycles. The minimum atomic E-state index is -5.06. The van der Waals surface area contributed by atoms with E-state index in [0.717, 1.165) is 12.1 Å². The first kappa shape index (κ1) is 19.7. The summed E-state index contributed by atoms with van der Waals surface area (Å²) in [6, 6.07) is 22.9. The van der Waals surface area contributed by atoms with E-state index in [-0.39, 0.29) is 0 Å². The third-order valence-corrected chi connectivity index (χ3v) is 4.41. The quantitative estimate of drug-likeness (QED) is 0.660. The number of aliphatic hydroxyl groups is 2. The molecule has 2 nitrogen and oxygen atoms in total. The number of rotatable bonds is 3. The van der Waals surface area contributed by atoms with Crippen LogP contribution in [-0.2, 0) is 11.2 Å². The van der Waals surface area contributed by atoms with E-state index in [9.17, 15) is 23.4 Å². The van der Waals surface area contributed by atoms with Crippen molar-refractivity contribution in [3.05, 3.63) is 108 Å². The Morgan fingerprint density at radius 3 is 1.25 bits per heavy atom. The van der Waals surface area contributed by atoms with Crippen LogP contribution in [0.2, 0.25) is 0 Å². The molecule has 0 bridgehead atoms. The van der Waals surface area contributed by atoms with Crippen LogP contribution in [0.25, 0.3) is 0 Å². The summed E-state index contributed by atoms with van der Waals surface area (Å²) >= 11 is 0. The van der Waals surface area contributed by atoms with Gasteiger partial charge in [-0.2, -0.15) is 13.2 Å². The van der Waals surface area contributed by atoms with Crippen LogP contribution < -0.4 is 0 Å². The zero-order valence-electron chi connectivity index (χ0n) is 14.7. The summed E-state index contributed by atoms with van der Waals surface area (Å²) in [6.45, 7) is 0.